The zero-order valence-electron chi connectivity index (χ0n) is 19.7. The van der Waals surface area contributed by atoms with Crippen LogP contribution in [0, 0.1) is 11.8 Å². The predicted molar refractivity (Wildman–Crippen MR) is 121 cm³/mol. The zero-order chi connectivity index (χ0) is 22.4. The first-order valence-corrected chi connectivity index (χ1v) is 13.5. The Balaban J connectivity index is 2.88. The Kier molecular flexibility index (Phi) is 9.83. The minimum atomic E-state index is -1.88. The van der Waals surface area contributed by atoms with Crippen LogP contribution in [0.25, 0.3) is 0 Å². The van der Waals surface area contributed by atoms with E-state index >= 15 is 0 Å². The topological polar surface area (TPSA) is 68.2 Å². The summed E-state index contributed by atoms with van der Waals surface area (Å²) in [6.45, 7) is 17.8. The minimum absolute atomic E-state index is 0.0748. The highest BCUT2D eigenvalue weighted by molar-refractivity contribution is 6.74. The standard InChI is InChI=1S/C23H42O5Si/c1-16(14-28-29(8,9)23(4,5)6)22(17(2)21(25)18(3)24)27-15-19-10-12-20(26-7)13-11-19/h10-13,16-18,21-22,24-25H,14-15H2,1-9H3/t16-,17-,18-,21?,22+/m0/s1. The van der Waals surface area contributed by atoms with Crippen molar-refractivity contribution < 1.29 is 24.1 Å². The van der Waals surface area contributed by atoms with Crippen LogP contribution in [0.15, 0.2) is 24.3 Å². The summed E-state index contributed by atoms with van der Waals surface area (Å²) in [5, 5.41) is 20.5. The third kappa shape index (κ3) is 7.68. The first kappa shape index (κ1) is 26.1. The number of methoxy groups -OCH3 is 1. The van der Waals surface area contributed by atoms with Crippen molar-refractivity contribution in [1.82, 2.24) is 0 Å². The predicted octanol–water partition coefficient (Wildman–Crippen LogP) is 4.62. The quantitative estimate of drug-likeness (QED) is 0.506. The highest BCUT2D eigenvalue weighted by atomic mass is 28.4. The number of hydrogen-bond donors (Lipinski definition) is 2. The molecule has 0 fully saturated rings. The summed E-state index contributed by atoms with van der Waals surface area (Å²) in [5.41, 5.74) is 1.03. The molecule has 0 aliphatic heterocycles. The summed E-state index contributed by atoms with van der Waals surface area (Å²) in [6, 6.07) is 7.77. The third-order valence-corrected chi connectivity index (χ3v) is 10.7. The zero-order valence-corrected chi connectivity index (χ0v) is 20.7. The van der Waals surface area contributed by atoms with E-state index in [9.17, 15) is 10.2 Å². The Morgan fingerprint density at radius 1 is 1.00 bits per heavy atom. The van der Waals surface area contributed by atoms with Gasteiger partial charge < -0.3 is 24.1 Å². The molecule has 1 rings (SSSR count). The normalized spacial score (nSPS) is 18.0. The fourth-order valence-electron chi connectivity index (χ4n) is 3.03. The molecule has 0 spiro atoms. The van der Waals surface area contributed by atoms with Crippen LogP contribution in [0.5, 0.6) is 5.75 Å². The van der Waals surface area contributed by atoms with Crippen LogP contribution in [-0.4, -0.2) is 50.6 Å². The second-order valence-corrected chi connectivity index (χ2v) is 14.6. The largest absolute Gasteiger partial charge is 0.497 e. The molecule has 0 saturated heterocycles. The Labute approximate surface area is 178 Å². The summed E-state index contributed by atoms with van der Waals surface area (Å²) >= 11 is 0. The van der Waals surface area contributed by atoms with Crippen molar-refractivity contribution >= 4 is 8.32 Å². The van der Waals surface area contributed by atoms with Gasteiger partial charge in [-0.15, -0.1) is 0 Å². The second-order valence-electron chi connectivity index (χ2n) is 9.76. The number of aliphatic hydroxyl groups excluding tert-OH is 2. The Hall–Kier alpha value is -0.923. The number of hydrogen-bond acceptors (Lipinski definition) is 5. The van der Waals surface area contributed by atoms with Crippen LogP contribution in [0.4, 0.5) is 0 Å². The molecule has 0 aliphatic carbocycles. The van der Waals surface area contributed by atoms with Crippen LogP contribution < -0.4 is 4.74 Å². The Morgan fingerprint density at radius 2 is 1.55 bits per heavy atom. The van der Waals surface area contributed by atoms with Gasteiger partial charge in [-0.25, -0.2) is 0 Å². The summed E-state index contributed by atoms with van der Waals surface area (Å²) in [5.74, 6) is 0.649. The van der Waals surface area contributed by atoms with E-state index in [0.717, 1.165) is 11.3 Å². The maximum atomic E-state index is 10.5. The van der Waals surface area contributed by atoms with Gasteiger partial charge in [-0.05, 0) is 42.8 Å². The van der Waals surface area contributed by atoms with Gasteiger partial charge >= 0.3 is 0 Å². The molecule has 1 unspecified atom stereocenters. The maximum Gasteiger partial charge on any atom is 0.191 e. The number of rotatable bonds is 11. The van der Waals surface area contributed by atoms with Gasteiger partial charge in [-0.1, -0.05) is 46.8 Å². The second kappa shape index (κ2) is 10.9. The molecular weight excluding hydrogens is 384 g/mol. The van der Waals surface area contributed by atoms with Gasteiger partial charge in [0.05, 0.1) is 32.0 Å². The molecule has 1 aromatic rings. The smallest absolute Gasteiger partial charge is 0.191 e. The van der Waals surface area contributed by atoms with Gasteiger partial charge in [0.15, 0.2) is 8.32 Å². The minimum Gasteiger partial charge on any atom is -0.497 e. The van der Waals surface area contributed by atoms with E-state index < -0.39 is 20.5 Å². The highest BCUT2D eigenvalue weighted by Gasteiger charge is 2.39. The fraction of sp³-hybridized carbons (Fsp3) is 0.739. The van der Waals surface area contributed by atoms with Crippen LogP contribution in [0.2, 0.25) is 18.1 Å². The van der Waals surface area contributed by atoms with Crippen LogP contribution in [0.3, 0.4) is 0 Å². The van der Waals surface area contributed by atoms with Gasteiger partial charge in [0.25, 0.3) is 0 Å². The molecule has 0 heterocycles. The van der Waals surface area contributed by atoms with Crippen molar-refractivity contribution in [3.63, 3.8) is 0 Å². The SMILES string of the molecule is COc1ccc(CO[C@H]([C@@H](C)CO[Si](C)(C)C(C)(C)C)[C@@H](C)C(O)[C@H](C)O)cc1. The lowest BCUT2D eigenvalue weighted by atomic mass is 9.87. The maximum absolute atomic E-state index is 10.5. The first-order valence-electron chi connectivity index (χ1n) is 10.5. The van der Waals surface area contributed by atoms with E-state index in [1.54, 1.807) is 14.0 Å². The number of aliphatic hydroxyl groups is 2. The molecule has 2 N–H and O–H groups in total. The van der Waals surface area contributed by atoms with Gasteiger partial charge in [-0.3, -0.25) is 0 Å². The average Bonchev–Trinajstić information content (AvgIpc) is 2.65. The van der Waals surface area contributed by atoms with Crippen molar-refractivity contribution in [3.8, 4) is 5.75 Å². The van der Waals surface area contributed by atoms with Crippen LogP contribution in [0.1, 0.15) is 47.1 Å². The van der Waals surface area contributed by atoms with Crippen molar-refractivity contribution in [2.75, 3.05) is 13.7 Å². The summed E-state index contributed by atoms with van der Waals surface area (Å²) in [7, 11) is -0.233. The van der Waals surface area contributed by atoms with E-state index in [2.05, 4.69) is 40.8 Å². The molecule has 0 aliphatic rings. The molecule has 1 aromatic carbocycles. The molecule has 0 radical (unpaired) electrons. The summed E-state index contributed by atoms with van der Waals surface area (Å²) < 4.78 is 17.9. The number of ether oxygens (including phenoxy) is 2. The van der Waals surface area contributed by atoms with E-state index in [1.807, 2.05) is 31.2 Å². The number of benzene rings is 1. The molecule has 0 bridgehead atoms. The molecule has 0 aromatic heterocycles. The van der Waals surface area contributed by atoms with Gasteiger partial charge in [0.1, 0.15) is 5.75 Å². The fourth-order valence-corrected chi connectivity index (χ4v) is 4.15. The van der Waals surface area contributed by atoms with E-state index in [4.69, 9.17) is 13.9 Å². The highest BCUT2D eigenvalue weighted by Crippen LogP contribution is 2.37. The van der Waals surface area contributed by atoms with E-state index in [0.29, 0.717) is 13.2 Å². The van der Waals surface area contributed by atoms with Crippen molar-refractivity contribution in [2.45, 2.75) is 84.6 Å². The van der Waals surface area contributed by atoms with Crippen LogP contribution >= 0.6 is 0 Å². The molecule has 29 heavy (non-hydrogen) atoms. The molecular formula is C23H42O5Si. The molecule has 5 nitrogen and oxygen atoms in total. The van der Waals surface area contributed by atoms with Gasteiger partial charge in [0.2, 0.25) is 0 Å². The monoisotopic (exact) mass is 426 g/mol. The molecule has 5 atom stereocenters. The Morgan fingerprint density at radius 3 is 2.00 bits per heavy atom. The van der Waals surface area contributed by atoms with E-state index in [1.165, 1.54) is 0 Å². The summed E-state index contributed by atoms with van der Waals surface area (Å²) in [6.07, 6.45) is -1.91. The summed E-state index contributed by atoms with van der Waals surface area (Å²) in [4.78, 5) is 0. The van der Waals surface area contributed by atoms with Gasteiger partial charge in [-0.2, -0.15) is 0 Å². The lowest BCUT2D eigenvalue weighted by Gasteiger charge is -2.39. The molecule has 0 saturated carbocycles. The lowest BCUT2D eigenvalue weighted by molar-refractivity contribution is -0.0983. The first-order chi connectivity index (χ1) is 13.3. The lowest BCUT2D eigenvalue weighted by Crippen LogP contribution is -2.46. The van der Waals surface area contributed by atoms with E-state index in [-0.39, 0.29) is 23.0 Å². The third-order valence-electron chi connectivity index (χ3n) is 6.23. The van der Waals surface area contributed by atoms with Crippen molar-refractivity contribution in [1.29, 1.82) is 0 Å². The van der Waals surface area contributed by atoms with Crippen LogP contribution in [-0.2, 0) is 15.8 Å². The Bertz CT molecular complexity index is 594. The molecule has 0 amide bonds. The van der Waals surface area contributed by atoms with Crippen molar-refractivity contribution in [3.05, 3.63) is 29.8 Å². The molecule has 6 heteroatoms. The van der Waals surface area contributed by atoms with Gasteiger partial charge in [0, 0.05) is 18.4 Å². The van der Waals surface area contributed by atoms with Crippen molar-refractivity contribution in [2.24, 2.45) is 11.8 Å². The molecule has 168 valence electrons. The average molecular weight is 427 g/mol.